The van der Waals surface area contributed by atoms with E-state index in [1.54, 1.807) is 11.3 Å². The zero-order valence-corrected chi connectivity index (χ0v) is 9.26. The van der Waals surface area contributed by atoms with Gasteiger partial charge in [-0.25, -0.2) is 4.98 Å². The summed E-state index contributed by atoms with van der Waals surface area (Å²) in [5, 5.41) is 0. The van der Waals surface area contributed by atoms with Crippen molar-refractivity contribution in [3.05, 3.63) is 10.4 Å². The number of hydrogen-bond acceptors (Lipinski definition) is 5. The second-order valence-corrected chi connectivity index (χ2v) is 4.68. The Bertz CT molecular complexity index is 291. The fourth-order valence-electron chi connectivity index (χ4n) is 1.61. The monoisotopic (exact) mass is 212 g/mol. The average Bonchev–Trinajstić information content (AvgIpc) is 2.56. The van der Waals surface area contributed by atoms with E-state index in [2.05, 4.69) is 21.8 Å². The molecule has 1 aliphatic rings. The molecule has 0 radical (unpaired) electrons. The number of nitrogens with zero attached hydrogens (tertiary/aromatic N) is 3. The van der Waals surface area contributed by atoms with Crippen molar-refractivity contribution in [3.8, 4) is 0 Å². The number of nitrogen functional groups attached to an aromatic ring is 1. The number of nitrogens with two attached hydrogens (primary N) is 1. The summed E-state index contributed by atoms with van der Waals surface area (Å²) in [5.41, 5.74) is 7.57. The molecule has 1 saturated heterocycles. The van der Waals surface area contributed by atoms with Gasteiger partial charge in [-0.2, -0.15) is 0 Å². The number of likely N-dealkylation sites (N-methyl/N-ethyl adjacent to an activating group) is 1. The molecule has 0 aromatic carbocycles. The molecule has 2 N–H and O–H groups in total. The van der Waals surface area contributed by atoms with Crippen LogP contribution in [0.5, 0.6) is 0 Å². The van der Waals surface area contributed by atoms with E-state index in [0.717, 1.165) is 32.7 Å². The lowest BCUT2D eigenvalue weighted by atomic mass is 10.3. The van der Waals surface area contributed by atoms with Crippen LogP contribution in [0.3, 0.4) is 0 Å². The van der Waals surface area contributed by atoms with Gasteiger partial charge in [0.1, 0.15) is 5.82 Å². The zero-order valence-electron chi connectivity index (χ0n) is 8.44. The van der Waals surface area contributed by atoms with Crippen LogP contribution in [0.1, 0.15) is 4.88 Å². The van der Waals surface area contributed by atoms with Gasteiger partial charge in [-0.15, -0.1) is 11.3 Å². The van der Waals surface area contributed by atoms with Gasteiger partial charge in [-0.3, -0.25) is 4.90 Å². The van der Waals surface area contributed by atoms with E-state index in [4.69, 9.17) is 5.73 Å². The minimum absolute atomic E-state index is 0.703. The van der Waals surface area contributed by atoms with Crippen LogP contribution >= 0.6 is 11.3 Å². The summed E-state index contributed by atoms with van der Waals surface area (Å²) in [5.74, 6) is 0.703. The molecule has 0 saturated carbocycles. The zero-order chi connectivity index (χ0) is 9.97. The van der Waals surface area contributed by atoms with Gasteiger partial charge in [-0.1, -0.05) is 0 Å². The first-order valence-electron chi connectivity index (χ1n) is 4.84. The van der Waals surface area contributed by atoms with Crippen LogP contribution in [-0.4, -0.2) is 48.0 Å². The van der Waals surface area contributed by atoms with Crippen molar-refractivity contribution in [2.45, 2.75) is 6.54 Å². The average molecular weight is 212 g/mol. The summed E-state index contributed by atoms with van der Waals surface area (Å²) in [6.07, 6.45) is 0. The first-order chi connectivity index (χ1) is 6.75. The molecule has 1 fully saturated rings. The predicted molar refractivity (Wildman–Crippen MR) is 59.3 cm³/mol. The third-order valence-electron chi connectivity index (χ3n) is 2.64. The Balaban J connectivity index is 1.89. The maximum absolute atomic E-state index is 5.75. The lowest BCUT2D eigenvalue weighted by Gasteiger charge is -2.31. The minimum atomic E-state index is 0.703. The number of anilines is 1. The maximum Gasteiger partial charge on any atom is 0.138 e. The highest BCUT2D eigenvalue weighted by Gasteiger charge is 2.15. The van der Waals surface area contributed by atoms with Crippen LogP contribution < -0.4 is 5.73 Å². The fourth-order valence-corrected chi connectivity index (χ4v) is 2.33. The molecule has 1 aromatic rings. The summed E-state index contributed by atoms with van der Waals surface area (Å²) >= 11 is 1.65. The minimum Gasteiger partial charge on any atom is -0.383 e. The third-order valence-corrected chi connectivity index (χ3v) is 3.47. The maximum atomic E-state index is 5.75. The van der Waals surface area contributed by atoms with Gasteiger partial charge in [-0.05, 0) is 7.05 Å². The Hall–Kier alpha value is -0.650. The summed E-state index contributed by atoms with van der Waals surface area (Å²) in [6.45, 7) is 5.53. The van der Waals surface area contributed by atoms with Gasteiger partial charge in [0.15, 0.2) is 0 Å². The molecule has 78 valence electrons. The number of thiazole rings is 1. The Morgan fingerprint density at radius 1 is 1.43 bits per heavy atom. The number of aromatic nitrogens is 1. The normalized spacial score (nSPS) is 20.1. The Kier molecular flexibility index (Phi) is 3.00. The van der Waals surface area contributed by atoms with Gasteiger partial charge in [0.2, 0.25) is 0 Å². The van der Waals surface area contributed by atoms with Crippen molar-refractivity contribution in [2.75, 3.05) is 39.0 Å². The standard InChI is InChI=1S/C9H16N4S/c1-12-2-4-13(5-3-12)6-8-9(10)11-7-14-8/h7H,2-6,10H2,1H3. The molecule has 0 amide bonds. The second-order valence-electron chi connectivity index (χ2n) is 3.74. The Morgan fingerprint density at radius 3 is 2.71 bits per heavy atom. The molecule has 14 heavy (non-hydrogen) atoms. The molecule has 2 rings (SSSR count). The van der Waals surface area contributed by atoms with Crippen molar-refractivity contribution < 1.29 is 0 Å². The number of rotatable bonds is 2. The van der Waals surface area contributed by atoms with Crippen LogP contribution in [-0.2, 0) is 6.54 Å². The SMILES string of the molecule is CN1CCN(Cc2scnc2N)CC1. The molecule has 0 bridgehead atoms. The summed E-state index contributed by atoms with van der Waals surface area (Å²) < 4.78 is 0. The highest BCUT2D eigenvalue weighted by atomic mass is 32.1. The molecular weight excluding hydrogens is 196 g/mol. The van der Waals surface area contributed by atoms with Crippen molar-refractivity contribution in [1.82, 2.24) is 14.8 Å². The van der Waals surface area contributed by atoms with E-state index in [1.165, 1.54) is 4.88 Å². The molecule has 0 spiro atoms. The van der Waals surface area contributed by atoms with Crippen molar-refractivity contribution in [3.63, 3.8) is 0 Å². The van der Waals surface area contributed by atoms with Gasteiger partial charge < -0.3 is 10.6 Å². The van der Waals surface area contributed by atoms with Gasteiger partial charge in [0, 0.05) is 32.7 Å². The molecular formula is C9H16N4S. The second kappa shape index (κ2) is 4.25. The van der Waals surface area contributed by atoms with Crippen molar-refractivity contribution in [2.24, 2.45) is 0 Å². The van der Waals surface area contributed by atoms with Crippen molar-refractivity contribution in [1.29, 1.82) is 0 Å². The number of piperazine rings is 1. The van der Waals surface area contributed by atoms with E-state index in [1.807, 2.05) is 5.51 Å². The van der Waals surface area contributed by atoms with Crippen LogP contribution in [0.25, 0.3) is 0 Å². The van der Waals surface area contributed by atoms with Gasteiger partial charge >= 0.3 is 0 Å². The highest BCUT2D eigenvalue weighted by molar-refractivity contribution is 7.10. The van der Waals surface area contributed by atoms with E-state index in [-0.39, 0.29) is 0 Å². The molecule has 4 nitrogen and oxygen atoms in total. The Labute approximate surface area is 88.3 Å². The molecule has 1 aliphatic heterocycles. The lowest BCUT2D eigenvalue weighted by molar-refractivity contribution is 0.149. The summed E-state index contributed by atoms with van der Waals surface area (Å²) in [4.78, 5) is 10.0. The van der Waals surface area contributed by atoms with Gasteiger partial charge in [0.25, 0.3) is 0 Å². The summed E-state index contributed by atoms with van der Waals surface area (Å²) in [6, 6.07) is 0. The molecule has 1 aromatic heterocycles. The topological polar surface area (TPSA) is 45.4 Å². The van der Waals surface area contributed by atoms with Crippen LogP contribution in [0.4, 0.5) is 5.82 Å². The molecule has 0 aliphatic carbocycles. The first-order valence-corrected chi connectivity index (χ1v) is 5.72. The van der Waals surface area contributed by atoms with E-state index in [9.17, 15) is 0 Å². The van der Waals surface area contributed by atoms with Gasteiger partial charge in [0.05, 0.1) is 10.4 Å². The largest absolute Gasteiger partial charge is 0.383 e. The molecule has 5 heteroatoms. The lowest BCUT2D eigenvalue weighted by Crippen LogP contribution is -2.43. The van der Waals surface area contributed by atoms with E-state index in [0.29, 0.717) is 5.82 Å². The third kappa shape index (κ3) is 2.23. The predicted octanol–water partition coefficient (Wildman–Crippen LogP) is 0.473. The number of hydrogen-bond donors (Lipinski definition) is 1. The molecule has 0 unspecified atom stereocenters. The quantitative estimate of drug-likeness (QED) is 0.774. The smallest absolute Gasteiger partial charge is 0.138 e. The van der Waals surface area contributed by atoms with Crippen LogP contribution in [0.15, 0.2) is 5.51 Å². The molecule has 0 atom stereocenters. The fraction of sp³-hybridized carbons (Fsp3) is 0.667. The molecule has 2 heterocycles. The van der Waals surface area contributed by atoms with E-state index >= 15 is 0 Å². The first kappa shape index (κ1) is 9.89. The Morgan fingerprint density at radius 2 is 2.14 bits per heavy atom. The van der Waals surface area contributed by atoms with Crippen LogP contribution in [0.2, 0.25) is 0 Å². The van der Waals surface area contributed by atoms with Crippen LogP contribution in [0, 0.1) is 0 Å². The highest BCUT2D eigenvalue weighted by Crippen LogP contribution is 2.18. The van der Waals surface area contributed by atoms with E-state index < -0.39 is 0 Å². The van der Waals surface area contributed by atoms with Crippen molar-refractivity contribution >= 4 is 17.2 Å². The summed E-state index contributed by atoms with van der Waals surface area (Å²) in [7, 11) is 2.17.